The summed E-state index contributed by atoms with van der Waals surface area (Å²) in [5.74, 6) is -1.75. The van der Waals surface area contributed by atoms with Gasteiger partial charge in [0, 0.05) is 6.54 Å². The third kappa shape index (κ3) is 4.53. The van der Waals surface area contributed by atoms with E-state index in [1.165, 1.54) is 10.9 Å². The quantitative estimate of drug-likeness (QED) is 0.672. The van der Waals surface area contributed by atoms with Crippen LogP contribution in [0.25, 0.3) is 0 Å². The maximum Gasteiger partial charge on any atom is 0.348 e. The number of hydrogen-bond acceptors (Lipinski definition) is 7. The van der Waals surface area contributed by atoms with Gasteiger partial charge in [-0.1, -0.05) is 11.6 Å². The summed E-state index contributed by atoms with van der Waals surface area (Å²) in [5, 5.41) is 7.07. The smallest absolute Gasteiger partial charge is 0.348 e. The summed E-state index contributed by atoms with van der Waals surface area (Å²) in [6, 6.07) is 0. The summed E-state index contributed by atoms with van der Waals surface area (Å²) >= 11 is 7.03. The first kappa shape index (κ1) is 21.9. The molecule has 0 atom stereocenters. The van der Waals surface area contributed by atoms with Crippen LogP contribution in [0.1, 0.15) is 63.8 Å². The number of carbonyl (C=O) groups is 3. The number of esters is 2. The maximum absolute atomic E-state index is 12.8. The third-order valence-corrected chi connectivity index (χ3v) is 5.15. The number of halogens is 1. The molecule has 1 amide bonds. The predicted molar refractivity (Wildman–Crippen MR) is 106 cm³/mol. The Labute approximate surface area is 171 Å². The third-order valence-electron chi connectivity index (χ3n) is 3.69. The van der Waals surface area contributed by atoms with Crippen LogP contribution in [0.2, 0.25) is 5.02 Å². The minimum Gasteiger partial charge on any atom is -0.462 e. The molecule has 2 heterocycles. The molecule has 0 saturated heterocycles. The Balaban J connectivity index is 2.47. The molecule has 0 aliphatic rings. The van der Waals surface area contributed by atoms with Gasteiger partial charge in [0.15, 0.2) is 0 Å². The molecule has 2 aromatic rings. The van der Waals surface area contributed by atoms with Gasteiger partial charge < -0.3 is 14.8 Å². The predicted octanol–water partition coefficient (Wildman–Crippen LogP) is 3.92. The van der Waals surface area contributed by atoms with Gasteiger partial charge in [0.2, 0.25) is 0 Å². The molecule has 28 heavy (non-hydrogen) atoms. The number of hydrogen-bond donors (Lipinski definition) is 1. The van der Waals surface area contributed by atoms with Gasteiger partial charge in [-0.05, 0) is 40.2 Å². The molecule has 152 valence electrons. The average Bonchev–Trinajstić information content (AvgIpc) is 3.14. The van der Waals surface area contributed by atoms with E-state index in [1.54, 1.807) is 27.7 Å². The number of nitrogens with one attached hydrogen (secondary N) is 1. The average molecular weight is 428 g/mol. The van der Waals surface area contributed by atoms with Crippen molar-refractivity contribution in [2.24, 2.45) is 0 Å². The molecule has 0 bridgehead atoms. The highest BCUT2D eigenvalue weighted by Gasteiger charge is 2.29. The fraction of sp³-hybridized carbons (Fsp3) is 0.444. The summed E-state index contributed by atoms with van der Waals surface area (Å²) in [4.78, 5) is 37.8. The number of amides is 1. The van der Waals surface area contributed by atoms with E-state index in [9.17, 15) is 14.4 Å². The van der Waals surface area contributed by atoms with Gasteiger partial charge in [0.05, 0.1) is 29.5 Å². The summed E-state index contributed by atoms with van der Waals surface area (Å²) in [6.45, 7) is 9.17. The van der Waals surface area contributed by atoms with E-state index in [1.807, 2.05) is 6.92 Å². The van der Waals surface area contributed by atoms with Crippen molar-refractivity contribution in [3.63, 3.8) is 0 Å². The number of thiophene rings is 1. The molecule has 0 saturated carbocycles. The van der Waals surface area contributed by atoms with E-state index >= 15 is 0 Å². The molecule has 0 spiro atoms. The standard InChI is InChI=1S/C18H22ClN3O5S/c1-6-22-13(11(19)8-20-22)15(23)21-16-12(17(24)27-9(3)4)10(5)14(28-16)18(25)26-7-2/h8-9H,6-7H2,1-5H3,(H,21,23). The van der Waals surface area contributed by atoms with E-state index < -0.39 is 17.8 Å². The molecular weight excluding hydrogens is 406 g/mol. The zero-order chi connectivity index (χ0) is 21.0. The number of anilines is 1. The second-order valence-electron chi connectivity index (χ2n) is 6.05. The van der Waals surface area contributed by atoms with Crippen LogP contribution in [0, 0.1) is 6.92 Å². The van der Waals surface area contributed by atoms with Gasteiger partial charge in [-0.2, -0.15) is 5.10 Å². The van der Waals surface area contributed by atoms with Gasteiger partial charge >= 0.3 is 11.9 Å². The van der Waals surface area contributed by atoms with Crippen molar-refractivity contribution >= 4 is 45.8 Å². The van der Waals surface area contributed by atoms with Gasteiger partial charge in [0.1, 0.15) is 15.6 Å². The molecule has 10 heteroatoms. The molecule has 1 N–H and O–H groups in total. The zero-order valence-corrected chi connectivity index (χ0v) is 17.9. The number of carbonyl (C=O) groups excluding carboxylic acids is 3. The summed E-state index contributed by atoms with van der Waals surface area (Å²) < 4.78 is 11.8. The Kier molecular flexibility index (Phi) is 7.20. The highest BCUT2D eigenvalue weighted by molar-refractivity contribution is 7.18. The summed E-state index contributed by atoms with van der Waals surface area (Å²) in [5.41, 5.74) is 0.671. The van der Waals surface area contributed by atoms with E-state index in [-0.39, 0.29) is 38.9 Å². The van der Waals surface area contributed by atoms with E-state index in [2.05, 4.69) is 10.4 Å². The van der Waals surface area contributed by atoms with Crippen LogP contribution in [0.4, 0.5) is 5.00 Å². The maximum atomic E-state index is 12.8. The zero-order valence-electron chi connectivity index (χ0n) is 16.3. The fourth-order valence-electron chi connectivity index (χ4n) is 2.50. The summed E-state index contributed by atoms with van der Waals surface area (Å²) in [6.07, 6.45) is 1.01. The van der Waals surface area contributed by atoms with Crippen LogP contribution in [0.5, 0.6) is 0 Å². The molecule has 2 aromatic heterocycles. The number of ether oxygens (including phenoxy) is 2. The topological polar surface area (TPSA) is 99.5 Å². The second kappa shape index (κ2) is 9.20. The first-order valence-corrected chi connectivity index (χ1v) is 9.94. The number of rotatable bonds is 7. The highest BCUT2D eigenvalue weighted by atomic mass is 35.5. The first-order valence-electron chi connectivity index (χ1n) is 8.75. The van der Waals surface area contributed by atoms with Crippen molar-refractivity contribution in [2.75, 3.05) is 11.9 Å². The molecule has 2 rings (SSSR count). The normalized spacial score (nSPS) is 10.8. The van der Waals surface area contributed by atoms with Crippen LogP contribution in [-0.4, -0.2) is 40.3 Å². The van der Waals surface area contributed by atoms with Gasteiger partial charge in [-0.25, -0.2) is 9.59 Å². The van der Waals surface area contributed by atoms with E-state index in [0.29, 0.717) is 12.1 Å². The molecule has 0 fully saturated rings. The second-order valence-corrected chi connectivity index (χ2v) is 7.47. The van der Waals surface area contributed by atoms with Crippen molar-refractivity contribution in [1.82, 2.24) is 9.78 Å². The Hall–Kier alpha value is -2.39. The van der Waals surface area contributed by atoms with Crippen molar-refractivity contribution in [3.05, 3.63) is 32.9 Å². The Morgan fingerprint density at radius 2 is 1.96 bits per heavy atom. The highest BCUT2D eigenvalue weighted by Crippen LogP contribution is 2.35. The molecule has 0 unspecified atom stereocenters. The number of aryl methyl sites for hydroxylation is 1. The van der Waals surface area contributed by atoms with Crippen LogP contribution in [0.15, 0.2) is 6.20 Å². The molecule has 8 nitrogen and oxygen atoms in total. The SMILES string of the molecule is CCOC(=O)c1sc(NC(=O)c2c(Cl)cnn2CC)c(C(=O)OC(C)C)c1C. The van der Waals surface area contributed by atoms with Crippen LogP contribution < -0.4 is 5.32 Å². The Bertz CT molecular complexity index is 903. The van der Waals surface area contributed by atoms with Crippen molar-refractivity contribution < 1.29 is 23.9 Å². The van der Waals surface area contributed by atoms with Crippen molar-refractivity contribution in [2.45, 2.75) is 47.3 Å². The monoisotopic (exact) mass is 427 g/mol. The number of aromatic nitrogens is 2. The number of nitrogens with zero attached hydrogens (tertiary/aromatic N) is 2. The van der Waals surface area contributed by atoms with Gasteiger partial charge in [-0.3, -0.25) is 9.48 Å². The molecule has 0 aliphatic heterocycles. The first-order chi connectivity index (χ1) is 13.2. The molecular formula is C18H22ClN3O5S. The van der Waals surface area contributed by atoms with Crippen molar-refractivity contribution in [3.8, 4) is 0 Å². The molecule has 0 radical (unpaired) electrons. The lowest BCUT2D eigenvalue weighted by Crippen LogP contribution is -2.20. The Morgan fingerprint density at radius 1 is 1.29 bits per heavy atom. The minimum atomic E-state index is -0.635. The summed E-state index contributed by atoms with van der Waals surface area (Å²) in [7, 11) is 0. The van der Waals surface area contributed by atoms with Gasteiger partial charge in [-0.15, -0.1) is 11.3 Å². The van der Waals surface area contributed by atoms with Crippen molar-refractivity contribution in [1.29, 1.82) is 0 Å². The fourth-order valence-corrected chi connectivity index (χ4v) is 3.81. The van der Waals surface area contributed by atoms with E-state index in [4.69, 9.17) is 21.1 Å². The largest absolute Gasteiger partial charge is 0.462 e. The lowest BCUT2D eigenvalue weighted by atomic mass is 10.1. The van der Waals surface area contributed by atoms with Gasteiger partial charge in [0.25, 0.3) is 5.91 Å². The lowest BCUT2D eigenvalue weighted by molar-refractivity contribution is 0.0379. The molecule has 0 aromatic carbocycles. The van der Waals surface area contributed by atoms with E-state index in [0.717, 1.165) is 11.3 Å². The Morgan fingerprint density at radius 3 is 2.54 bits per heavy atom. The van der Waals surface area contributed by atoms with Crippen LogP contribution >= 0.6 is 22.9 Å². The molecule has 0 aliphatic carbocycles. The lowest BCUT2D eigenvalue weighted by Gasteiger charge is -2.11. The van der Waals surface area contributed by atoms with Crippen LogP contribution in [0.3, 0.4) is 0 Å². The van der Waals surface area contributed by atoms with Crippen LogP contribution in [-0.2, 0) is 16.0 Å². The minimum absolute atomic E-state index is 0.119.